The molecule has 0 saturated heterocycles. The molecule has 1 heterocycles. The molecule has 0 radical (unpaired) electrons. The first-order valence-electron chi connectivity index (χ1n) is 22.3. The average molecular weight is 933 g/mol. The quantitative estimate of drug-likeness (QED) is 0.0483. The Balaban J connectivity index is 1.54. The summed E-state index contributed by atoms with van der Waals surface area (Å²) in [6, 6.07) is 15.0. The van der Waals surface area contributed by atoms with Crippen LogP contribution in [0, 0.1) is 17.8 Å². The number of aliphatic hydroxyl groups is 2. The normalized spacial score (nSPS) is 22.8. The van der Waals surface area contributed by atoms with E-state index in [-0.39, 0.29) is 54.6 Å². The van der Waals surface area contributed by atoms with Crippen LogP contribution in [0.3, 0.4) is 0 Å². The maximum atomic E-state index is 14.9. The number of amides is 2. The minimum atomic E-state index is -4.29. The number of fused-ring (bicyclic) bond motifs is 2. The van der Waals surface area contributed by atoms with E-state index < -0.39 is 45.4 Å². The molecule has 3 aromatic rings. The number of nitrogens with zero attached hydrogens (tertiary/aromatic N) is 2. The summed E-state index contributed by atoms with van der Waals surface area (Å²) in [6.07, 6.45) is 7.02. The predicted molar refractivity (Wildman–Crippen MR) is 251 cm³/mol. The molecular formula is C49H64N4O12S. The van der Waals surface area contributed by atoms with E-state index in [1.54, 1.807) is 42.5 Å². The molecule has 358 valence electrons. The predicted octanol–water partition coefficient (Wildman–Crippen LogP) is 8.03. The van der Waals surface area contributed by atoms with Gasteiger partial charge >= 0.3 is 6.09 Å². The van der Waals surface area contributed by atoms with E-state index in [2.05, 4.69) is 23.3 Å². The van der Waals surface area contributed by atoms with Gasteiger partial charge in [-0.25, -0.2) is 13.2 Å². The number of unbranched alkanes of at least 4 members (excludes halogenated alkanes) is 2. The molecule has 0 aromatic heterocycles. The Hall–Kier alpha value is -5.46. The molecule has 1 fully saturated rings. The molecule has 6 rings (SSSR count). The second-order valence-electron chi connectivity index (χ2n) is 17.8. The summed E-state index contributed by atoms with van der Waals surface area (Å²) in [6.45, 7) is 11.0. The molecule has 3 aromatic carbocycles. The molecule has 6 unspecified atom stereocenters. The van der Waals surface area contributed by atoms with E-state index in [1.807, 2.05) is 20.8 Å². The number of sulfonamides is 1. The number of hydrogen-bond acceptors (Lipinski definition) is 13. The molecule has 16 nitrogen and oxygen atoms in total. The van der Waals surface area contributed by atoms with Crippen LogP contribution in [-0.2, 0) is 24.4 Å². The summed E-state index contributed by atoms with van der Waals surface area (Å²) in [5.74, 6) is -1.76. The Kier molecular flexibility index (Phi) is 16.2. The molecule has 2 amide bonds. The topological polar surface area (TPSA) is 204 Å². The number of allylic oxidation sites excluding steroid dienone is 1. The van der Waals surface area contributed by atoms with Gasteiger partial charge in [0.05, 0.1) is 49.1 Å². The summed E-state index contributed by atoms with van der Waals surface area (Å²) in [5, 5.41) is 30.1. The Morgan fingerprint density at radius 1 is 0.955 bits per heavy atom. The van der Waals surface area contributed by atoms with Crippen molar-refractivity contribution in [2.75, 3.05) is 51.7 Å². The summed E-state index contributed by atoms with van der Waals surface area (Å²) in [7, 11) is 0.221. The number of rotatable bonds is 20. The maximum absolute atomic E-state index is 14.9. The van der Waals surface area contributed by atoms with Crippen molar-refractivity contribution in [2.45, 2.75) is 101 Å². The smallest absolute Gasteiger partial charge is 0.417 e. The first-order chi connectivity index (χ1) is 31.5. The van der Waals surface area contributed by atoms with Gasteiger partial charge < -0.3 is 44.1 Å². The average Bonchev–Trinajstić information content (AvgIpc) is 3.28. The van der Waals surface area contributed by atoms with Crippen molar-refractivity contribution in [3.05, 3.63) is 90.5 Å². The summed E-state index contributed by atoms with van der Waals surface area (Å²) >= 11 is 0. The number of nitrogens with one attached hydrogen (secondary N) is 2. The minimum absolute atomic E-state index is 0.00209. The van der Waals surface area contributed by atoms with Gasteiger partial charge in [0, 0.05) is 56.8 Å². The van der Waals surface area contributed by atoms with E-state index in [4.69, 9.17) is 33.7 Å². The molecule has 3 aliphatic rings. The van der Waals surface area contributed by atoms with Gasteiger partial charge in [0.2, 0.25) is 21.7 Å². The van der Waals surface area contributed by atoms with Crippen molar-refractivity contribution < 1.29 is 56.7 Å². The lowest BCUT2D eigenvalue weighted by atomic mass is 9.55. The summed E-state index contributed by atoms with van der Waals surface area (Å²) in [5.41, 5.74) is 2.13. The number of anilines is 2. The van der Waals surface area contributed by atoms with Crippen molar-refractivity contribution in [1.82, 2.24) is 4.31 Å². The molecular weight excluding hydrogens is 869 g/mol. The lowest BCUT2D eigenvalue weighted by Gasteiger charge is -2.59. The number of carbonyl (C=O) groups excluding carboxylic acids is 2. The van der Waals surface area contributed by atoms with Crippen molar-refractivity contribution in [3.8, 4) is 23.0 Å². The number of aliphatic hydroxyl groups excluding tert-OH is 2. The van der Waals surface area contributed by atoms with Crippen LogP contribution in [0.25, 0.3) is 0 Å². The van der Waals surface area contributed by atoms with Gasteiger partial charge in [0.15, 0.2) is 0 Å². The third-order valence-corrected chi connectivity index (χ3v) is 14.1. The second-order valence-corrected chi connectivity index (χ2v) is 19.8. The number of methoxy groups -OCH3 is 2. The van der Waals surface area contributed by atoms with Crippen LogP contribution in [0.2, 0.25) is 0 Å². The first kappa shape index (κ1) is 50.0. The Morgan fingerprint density at radius 2 is 1.65 bits per heavy atom. The zero-order valence-corrected chi connectivity index (χ0v) is 39.7. The zero-order valence-electron chi connectivity index (χ0n) is 38.9. The van der Waals surface area contributed by atoms with Crippen molar-refractivity contribution in [1.29, 1.82) is 0 Å². The largest absolute Gasteiger partial charge is 0.497 e. The Labute approximate surface area is 388 Å². The van der Waals surface area contributed by atoms with Gasteiger partial charge in [-0.05, 0) is 118 Å². The van der Waals surface area contributed by atoms with Gasteiger partial charge in [-0.2, -0.15) is 4.31 Å². The summed E-state index contributed by atoms with van der Waals surface area (Å²) < 4.78 is 61.9. The fourth-order valence-corrected chi connectivity index (χ4v) is 10.7. The highest BCUT2D eigenvalue weighted by Gasteiger charge is 2.65. The van der Waals surface area contributed by atoms with Gasteiger partial charge in [-0.1, -0.05) is 30.1 Å². The van der Waals surface area contributed by atoms with Crippen molar-refractivity contribution >= 4 is 39.1 Å². The van der Waals surface area contributed by atoms with E-state index in [9.17, 15) is 28.2 Å². The standard InChI is InChI=1S/C49H64N4O12S/c1-9-26-62-49-44(53(6)66(58,59)36-20-16-33(17-21-36)50-31(2)56)30-41(52-65-48(3,4)5)38-27-32(14-10-12-24-54)37(15-11-13-25-55)45(46(38)49)39-28-35(19-23-42(39)64-49)63-47(57)51-40-22-18-34(60-7)29-43(40)61-8/h9,16-23,27-29,32,37,44-46,54-55H,1,10-15,24-26,30H2,2-8H3,(H,50,56)(H,51,57). The van der Waals surface area contributed by atoms with E-state index in [0.717, 1.165) is 18.4 Å². The lowest BCUT2D eigenvalue weighted by Crippen LogP contribution is -2.69. The van der Waals surface area contributed by atoms with E-state index in [1.165, 1.54) is 56.8 Å². The van der Waals surface area contributed by atoms with Gasteiger partial charge in [0.1, 0.15) is 28.6 Å². The number of hydrogen-bond donors (Lipinski definition) is 4. The number of carbonyl (C=O) groups is 2. The van der Waals surface area contributed by atoms with E-state index in [0.29, 0.717) is 65.6 Å². The number of oxime groups is 1. The lowest BCUT2D eigenvalue weighted by molar-refractivity contribution is -0.250. The van der Waals surface area contributed by atoms with Crippen LogP contribution in [0.4, 0.5) is 16.2 Å². The molecule has 2 aliphatic carbocycles. The van der Waals surface area contributed by atoms with Crippen LogP contribution in [0.1, 0.15) is 84.1 Å². The van der Waals surface area contributed by atoms with Gasteiger partial charge in [-0.3, -0.25) is 10.1 Å². The zero-order chi connectivity index (χ0) is 47.8. The second kappa shape index (κ2) is 21.4. The molecule has 4 N–H and O–H groups in total. The molecule has 0 spiro atoms. The number of benzene rings is 3. The molecule has 1 saturated carbocycles. The Bertz CT molecular complexity index is 2380. The van der Waals surface area contributed by atoms with Crippen LogP contribution >= 0.6 is 0 Å². The molecule has 66 heavy (non-hydrogen) atoms. The number of ether oxygens (including phenoxy) is 5. The molecule has 1 aliphatic heterocycles. The fraction of sp³-hybridized carbons (Fsp3) is 0.490. The monoisotopic (exact) mass is 932 g/mol. The summed E-state index contributed by atoms with van der Waals surface area (Å²) in [4.78, 5) is 31.5. The van der Waals surface area contributed by atoms with Crippen molar-refractivity contribution in [2.24, 2.45) is 22.9 Å². The highest BCUT2D eigenvalue weighted by molar-refractivity contribution is 7.89. The Morgan fingerprint density at radius 3 is 2.29 bits per heavy atom. The van der Waals surface area contributed by atoms with E-state index >= 15 is 0 Å². The SMILES string of the molecule is C=CCOC12Oc3ccc(OC(=O)Nc4ccc(OC)cc4OC)cc3C3C(CCCCO)C(CCCCO)C=C(C(=NOC(C)(C)C)CC1N(C)S(=O)(=O)c1ccc(NC(C)=O)cc1)C32. The number of likely N-dealkylation sites (N-methyl/N-ethyl adjacent to an activating group) is 1. The molecule has 6 atom stereocenters. The van der Waals surface area contributed by atoms with Gasteiger partial charge in [-0.15, -0.1) is 6.58 Å². The maximum Gasteiger partial charge on any atom is 0.417 e. The third-order valence-electron chi connectivity index (χ3n) is 12.2. The van der Waals surface area contributed by atoms with Gasteiger partial charge in [0.25, 0.3) is 0 Å². The van der Waals surface area contributed by atoms with Crippen LogP contribution in [0.15, 0.2) is 95.0 Å². The van der Waals surface area contributed by atoms with Crippen molar-refractivity contribution in [3.63, 3.8) is 0 Å². The van der Waals surface area contributed by atoms with Crippen LogP contribution in [-0.4, -0.2) is 99.2 Å². The van der Waals surface area contributed by atoms with Crippen LogP contribution in [0.5, 0.6) is 23.0 Å². The highest BCUT2D eigenvalue weighted by Crippen LogP contribution is 2.62. The fourth-order valence-electron chi connectivity index (χ4n) is 9.35. The molecule has 0 bridgehead atoms. The first-order valence-corrected chi connectivity index (χ1v) is 23.8. The van der Waals surface area contributed by atoms with Crippen LogP contribution < -0.4 is 29.6 Å². The third kappa shape index (κ3) is 11.0. The highest BCUT2D eigenvalue weighted by atomic mass is 32.2. The minimum Gasteiger partial charge on any atom is -0.497 e. The molecule has 17 heteroatoms.